The minimum absolute atomic E-state index is 0.00373. The average molecular weight is 292 g/mol. The van der Waals surface area contributed by atoms with Crippen LogP contribution in [-0.2, 0) is 4.79 Å². The molecule has 0 heterocycles. The molecule has 1 unspecified atom stereocenters. The van der Waals surface area contributed by atoms with Gasteiger partial charge in [-0.1, -0.05) is 26.0 Å². The summed E-state index contributed by atoms with van der Waals surface area (Å²) in [7, 11) is 0. The highest BCUT2D eigenvalue weighted by Gasteiger charge is 2.15. The standard InChI is InChI=1S/C17H28N2O2/c1-13(18-10-6-9-17(3,4)12-20)15-7-5-8-16(11-15)19-14(2)21/h5,7-8,11,13,18,20H,6,9-10,12H2,1-4H3,(H,19,21). The van der Waals surface area contributed by atoms with Gasteiger partial charge in [-0.2, -0.15) is 0 Å². The van der Waals surface area contributed by atoms with Crippen molar-refractivity contribution < 1.29 is 9.90 Å². The van der Waals surface area contributed by atoms with Gasteiger partial charge >= 0.3 is 0 Å². The number of aliphatic hydroxyl groups excluding tert-OH is 1. The molecule has 4 nitrogen and oxygen atoms in total. The number of hydrogen-bond donors (Lipinski definition) is 3. The Hall–Kier alpha value is -1.39. The molecule has 0 radical (unpaired) electrons. The Morgan fingerprint density at radius 1 is 1.38 bits per heavy atom. The van der Waals surface area contributed by atoms with Crippen molar-refractivity contribution in [3.8, 4) is 0 Å². The van der Waals surface area contributed by atoms with Crippen molar-refractivity contribution >= 4 is 11.6 Å². The van der Waals surface area contributed by atoms with Gasteiger partial charge in [0.15, 0.2) is 0 Å². The van der Waals surface area contributed by atoms with Crippen LogP contribution >= 0.6 is 0 Å². The van der Waals surface area contributed by atoms with Gasteiger partial charge in [0, 0.05) is 25.3 Å². The van der Waals surface area contributed by atoms with Crippen molar-refractivity contribution in [1.82, 2.24) is 5.32 Å². The number of rotatable bonds is 8. The summed E-state index contributed by atoms with van der Waals surface area (Å²) >= 11 is 0. The molecule has 1 aromatic carbocycles. The van der Waals surface area contributed by atoms with Gasteiger partial charge in [0.1, 0.15) is 0 Å². The van der Waals surface area contributed by atoms with Crippen LogP contribution in [0.2, 0.25) is 0 Å². The van der Waals surface area contributed by atoms with Gasteiger partial charge in [-0.05, 0) is 49.4 Å². The van der Waals surface area contributed by atoms with E-state index in [-0.39, 0.29) is 24.0 Å². The SMILES string of the molecule is CC(=O)Nc1cccc(C(C)NCCCC(C)(C)CO)c1. The van der Waals surface area contributed by atoms with Crippen molar-refractivity contribution in [2.45, 2.75) is 46.6 Å². The minimum atomic E-state index is -0.0565. The molecule has 4 heteroatoms. The summed E-state index contributed by atoms with van der Waals surface area (Å²) in [4.78, 5) is 11.1. The largest absolute Gasteiger partial charge is 0.396 e. The zero-order chi connectivity index (χ0) is 15.9. The Morgan fingerprint density at radius 2 is 2.10 bits per heavy atom. The van der Waals surface area contributed by atoms with Crippen LogP contribution in [0.4, 0.5) is 5.69 Å². The Balaban J connectivity index is 2.45. The Kier molecular flexibility index (Phi) is 6.85. The predicted molar refractivity (Wildman–Crippen MR) is 87.3 cm³/mol. The summed E-state index contributed by atoms with van der Waals surface area (Å²) in [6.45, 7) is 8.91. The Bertz CT molecular complexity index is 458. The van der Waals surface area contributed by atoms with Gasteiger partial charge in [0.2, 0.25) is 5.91 Å². The third-order valence-electron chi connectivity index (χ3n) is 3.62. The van der Waals surface area contributed by atoms with Gasteiger partial charge in [-0.15, -0.1) is 0 Å². The second-order valence-corrected chi connectivity index (χ2v) is 6.41. The summed E-state index contributed by atoms with van der Waals surface area (Å²) < 4.78 is 0. The van der Waals surface area contributed by atoms with Crippen LogP contribution in [0.25, 0.3) is 0 Å². The van der Waals surface area contributed by atoms with Crippen LogP contribution in [0.1, 0.15) is 52.1 Å². The molecule has 0 aromatic heterocycles. The minimum Gasteiger partial charge on any atom is -0.396 e. The number of carbonyl (C=O) groups excluding carboxylic acids is 1. The fourth-order valence-electron chi connectivity index (χ4n) is 2.17. The molecule has 118 valence electrons. The fourth-order valence-corrected chi connectivity index (χ4v) is 2.17. The number of hydrogen-bond acceptors (Lipinski definition) is 3. The van der Waals surface area contributed by atoms with E-state index >= 15 is 0 Å². The molecule has 0 saturated heterocycles. The number of carbonyl (C=O) groups is 1. The van der Waals surface area contributed by atoms with Crippen LogP contribution in [-0.4, -0.2) is 24.2 Å². The second kappa shape index (κ2) is 8.15. The first-order valence-corrected chi connectivity index (χ1v) is 7.56. The highest BCUT2D eigenvalue weighted by molar-refractivity contribution is 5.88. The van der Waals surface area contributed by atoms with Gasteiger partial charge in [0.05, 0.1) is 0 Å². The third-order valence-corrected chi connectivity index (χ3v) is 3.62. The van der Waals surface area contributed by atoms with Crippen molar-refractivity contribution in [2.24, 2.45) is 5.41 Å². The van der Waals surface area contributed by atoms with Crippen molar-refractivity contribution in [3.05, 3.63) is 29.8 Å². The van der Waals surface area contributed by atoms with E-state index in [9.17, 15) is 9.90 Å². The van der Waals surface area contributed by atoms with E-state index in [2.05, 4.69) is 37.5 Å². The maximum atomic E-state index is 11.1. The Morgan fingerprint density at radius 3 is 2.71 bits per heavy atom. The molecule has 0 bridgehead atoms. The first-order valence-electron chi connectivity index (χ1n) is 7.56. The first kappa shape index (κ1) is 17.7. The number of anilines is 1. The molecule has 0 fully saturated rings. The van der Waals surface area contributed by atoms with Crippen LogP contribution in [0, 0.1) is 5.41 Å². The number of amides is 1. The molecular formula is C17H28N2O2. The highest BCUT2D eigenvalue weighted by Crippen LogP contribution is 2.21. The zero-order valence-electron chi connectivity index (χ0n) is 13.6. The van der Waals surface area contributed by atoms with Gasteiger partial charge in [-0.3, -0.25) is 4.79 Å². The molecule has 1 rings (SSSR count). The molecule has 0 aliphatic carbocycles. The van der Waals surface area contributed by atoms with Crippen LogP contribution in [0.15, 0.2) is 24.3 Å². The molecule has 0 aliphatic heterocycles. The normalized spacial score (nSPS) is 13.0. The maximum Gasteiger partial charge on any atom is 0.221 e. The van der Waals surface area contributed by atoms with E-state index < -0.39 is 0 Å². The molecule has 0 aliphatic rings. The van der Waals surface area contributed by atoms with E-state index in [1.54, 1.807) is 0 Å². The summed E-state index contributed by atoms with van der Waals surface area (Å²) in [5.74, 6) is -0.0565. The first-order chi connectivity index (χ1) is 9.84. The van der Waals surface area contributed by atoms with Crippen molar-refractivity contribution in [3.63, 3.8) is 0 Å². The summed E-state index contributed by atoms with van der Waals surface area (Å²) in [6.07, 6.45) is 2.03. The highest BCUT2D eigenvalue weighted by atomic mass is 16.3. The monoisotopic (exact) mass is 292 g/mol. The number of aliphatic hydroxyl groups is 1. The van der Waals surface area contributed by atoms with E-state index in [4.69, 9.17) is 0 Å². The number of benzene rings is 1. The molecular weight excluding hydrogens is 264 g/mol. The lowest BCUT2D eigenvalue weighted by Gasteiger charge is -2.22. The smallest absolute Gasteiger partial charge is 0.221 e. The van der Waals surface area contributed by atoms with E-state index in [1.165, 1.54) is 6.92 Å². The third kappa shape index (κ3) is 6.74. The topological polar surface area (TPSA) is 61.4 Å². The number of nitrogens with one attached hydrogen (secondary N) is 2. The maximum absolute atomic E-state index is 11.1. The second-order valence-electron chi connectivity index (χ2n) is 6.41. The molecule has 1 amide bonds. The zero-order valence-corrected chi connectivity index (χ0v) is 13.6. The average Bonchev–Trinajstić information content (AvgIpc) is 2.43. The lowest BCUT2D eigenvalue weighted by molar-refractivity contribution is -0.114. The van der Waals surface area contributed by atoms with E-state index in [1.807, 2.05) is 18.2 Å². The van der Waals surface area contributed by atoms with Crippen LogP contribution in [0.3, 0.4) is 0 Å². The lowest BCUT2D eigenvalue weighted by atomic mass is 9.89. The Labute approximate surface area is 128 Å². The van der Waals surface area contributed by atoms with Gasteiger partial charge in [0.25, 0.3) is 0 Å². The summed E-state index contributed by atoms with van der Waals surface area (Å²) in [6, 6.07) is 8.13. The molecule has 1 aromatic rings. The van der Waals surface area contributed by atoms with E-state index in [0.717, 1.165) is 30.6 Å². The quantitative estimate of drug-likeness (QED) is 0.645. The van der Waals surface area contributed by atoms with Crippen molar-refractivity contribution in [2.75, 3.05) is 18.5 Å². The molecule has 0 saturated carbocycles. The van der Waals surface area contributed by atoms with Crippen LogP contribution < -0.4 is 10.6 Å². The molecule has 0 spiro atoms. The summed E-state index contributed by atoms with van der Waals surface area (Å²) in [5.41, 5.74) is 1.98. The van der Waals surface area contributed by atoms with Crippen molar-refractivity contribution in [1.29, 1.82) is 0 Å². The lowest BCUT2D eigenvalue weighted by Crippen LogP contribution is -2.23. The molecule has 3 N–H and O–H groups in total. The molecule has 1 atom stereocenters. The fraction of sp³-hybridized carbons (Fsp3) is 0.588. The van der Waals surface area contributed by atoms with Gasteiger partial charge < -0.3 is 15.7 Å². The van der Waals surface area contributed by atoms with Crippen LogP contribution in [0.5, 0.6) is 0 Å². The molecule has 21 heavy (non-hydrogen) atoms. The predicted octanol–water partition coefficient (Wildman–Crippen LogP) is 3.09. The summed E-state index contributed by atoms with van der Waals surface area (Å²) in [5, 5.41) is 15.5. The van der Waals surface area contributed by atoms with Gasteiger partial charge in [-0.25, -0.2) is 0 Å². The van der Waals surface area contributed by atoms with E-state index in [0.29, 0.717) is 0 Å².